The molecule has 6 heterocycles. The zero-order valence-electron chi connectivity index (χ0n) is 22.7. The molecule has 4 aromatic rings. The van der Waals surface area contributed by atoms with Crippen molar-refractivity contribution in [3.8, 4) is 0 Å². The molecule has 10 atom stereocenters. The van der Waals surface area contributed by atoms with Gasteiger partial charge in [0.1, 0.15) is 24.1 Å². The fourth-order valence-corrected chi connectivity index (χ4v) is 9.59. The number of anilines is 1. The van der Waals surface area contributed by atoms with Crippen molar-refractivity contribution in [3.05, 3.63) is 35.7 Å². The van der Waals surface area contributed by atoms with Crippen LogP contribution in [-0.4, -0.2) is 92.0 Å². The zero-order valence-corrected chi connectivity index (χ0v) is 25.4. The molecule has 0 spiro atoms. The van der Waals surface area contributed by atoms with Gasteiger partial charge in [0.2, 0.25) is 0 Å². The van der Waals surface area contributed by atoms with E-state index in [-0.39, 0.29) is 34.6 Å². The topological polar surface area (TPSA) is 234 Å². The number of nitrogens with two attached hydrogens (primary N) is 1. The minimum Gasteiger partial charge on any atom is -0.388 e. The normalized spacial score (nSPS) is 38.0. The highest BCUT2D eigenvalue weighted by Gasteiger charge is 2.54. The van der Waals surface area contributed by atoms with E-state index in [1.807, 2.05) is 0 Å². The summed E-state index contributed by atoms with van der Waals surface area (Å²) in [4.78, 5) is 43.7. The Morgan fingerprint density at radius 3 is 2.57 bits per heavy atom. The molecule has 2 unspecified atom stereocenters. The maximum absolute atomic E-state index is 16.1. The molecule has 0 amide bonds. The summed E-state index contributed by atoms with van der Waals surface area (Å²) in [7, 11) is -3.45. The van der Waals surface area contributed by atoms with Crippen molar-refractivity contribution >= 4 is 54.8 Å². The highest BCUT2D eigenvalue weighted by Crippen LogP contribution is 2.61. The summed E-state index contributed by atoms with van der Waals surface area (Å²) in [6, 6.07) is -0.962. The zero-order chi connectivity index (χ0) is 31.1. The molecule has 1 saturated carbocycles. The minimum absolute atomic E-state index is 0.0159. The van der Waals surface area contributed by atoms with Crippen LogP contribution in [-0.2, 0) is 34.5 Å². The van der Waals surface area contributed by atoms with Crippen LogP contribution in [0.1, 0.15) is 18.7 Å². The van der Waals surface area contributed by atoms with Crippen molar-refractivity contribution in [1.82, 2.24) is 38.6 Å². The van der Waals surface area contributed by atoms with Crippen LogP contribution >= 0.6 is 26.6 Å². The lowest BCUT2D eigenvalue weighted by Crippen LogP contribution is -2.36. The average molecular weight is 674 g/mol. The number of rotatable bonds is 2. The number of nitrogen functional groups attached to an aromatic ring is 1. The van der Waals surface area contributed by atoms with Crippen molar-refractivity contribution in [2.45, 2.75) is 49.3 Å². The van der Waals surface area contributed by atoms with Crippen LogP contribution in [0.25, 0.3) is 22.3 Å². The van der Waals surface area contributed by atoms with E-state index in [1.54, 1.807) is 0 Å². The standard InChI is InChI=1S/C22H26FN9O9P2S/c1-30-6-29-20-15(21(30)34)28-7-31(20)10-2-11-16(33)17(10)41-43(36,37)38-3-12-9(4-42(35,44)40-11)13(23)22(39-12)32-8-27-14-18(24)25-5-26-19(14)32/h5-13,16-17,22,33H,2-4H2,1H3,(H,35,44)(H,36,37)(H2,24,25,26)/t9-,10-,11+,12-,13-,16-,17+,22-,42?/m1/s1. The number of ether oxygens (including phenoxy) is 1. The largest absolute Gasteiger partial charge is 0.472 e. The summed E-state index contributed by atoms with van der Waals surface area (Å²) in [5, 5.41) is 11.2. The number of imidazole rings is 2. The minimum atomic E-state index is -4.95. The molecule has 18 nitrogen and oxygen atoms in total. The predicted molar refractivity (Wildman–Crippen MR) is 151 cm³/mol. The number of halogens is 1. The van der Waals surface area contributed by atoms with Gasteiger partial charge in [-0.05, 0) is 0 Å². The fraction of sp³-hybridized carbons (Fsp3) is 0.545. The number of hydrogen-bond donors (Lipinski definition) is 4. The number of aryl methyl sites for hydroxylation is 1. The Morgan fingerprint density at radius 1 is 1.05 bits per heavy atom. The Bertz CT molecular complexity index is 1920. The highest BCUT2D eigenvalue weighted by molar-refractivity contribution is 8.46. The summed E-state index contributed by atoms with van der Waals surface area (Å²) in [6.45, 7) is -4.64. The molecule has 3 aliphatic rings. The van der Waals surface area contributed by atoms with Gasteiger partial charge in [0, 0.05) is 25.5 Å². The monoisotopic (exact) mass is 673 g/mol. The van der Waals surface area contributed by atoms with Crippen LogP contribution in [0.3, 0.4) is 0 Å². The number of phosphoric acid groups is 1. The number of thiol groups is 1. The smallest absolute Gasteiger partial charge is 0.388 e. The second kappa shape index (κ2) is 10.6. The average Bonchev–Trinajstić information content (AvgIpc) is 3.72. The molecule has 4 aromatic heterocycles. The lowest BCUT2D eigenvalue weighted by molar-refractivity contribution is -0.0494. The van der Waals surface area contributed by atoms with Crippen LogP contribution < -0.4 is 11.3 Å². The summed E-state index contributed by atoms with van der Waals surface area (Å²) in [5.74, 6) is -1.14. The molecule has 2 saturated heterocycles. The Labute approximate surface area is 251 Å². The second-order valence-corrected chi connectivity index (χ2v) is 15.9. The number of phosphoric ester groups is 1. The molecular formula is C22H26FN9O9P2S. The van der Waals surface area contributed by atoms with Crippen LogP contribution in [0.2, 0.25) is 0 Å². The Hall–Kier alpha value is -2.80. The summed E-state index contributed by atoms with van der Waals surface area (Å²) in [6.07, 6.45) is -4.35. The van der Waals surface area contributed by atoms with Crippen LogP contribution in [0.5, 0.6) is 0 Å². The van der Waals surface area contributed by atoms with Gasteiger partial charge >= 0.3 is 7.82 Å². The van der Waals surface area contributed by atoms with E-state index < -0.39 is 81.5 Å². The van der Waals surface area contributed by atoms with Crippen molar-refractivity contribution in [3.63, 3.8) is 0 Å². The maximum Gasteiger partial charge on any atom is 0.472 e. The van der Waals surface area contributed by atoms with Gasteiger partial charge in [-0.25, -0.2) is 33.9 Å². The Kier molecular flexibility index (Phi) is 7.23. The number of alkyl halides is 1. The van der Waals surface area contributed by atoms with E-state index in [1.165, 1.54) is 46.1 Å². The molecule has 2 bridgehead atoms. The third-order valence-electron chi connectivity index (χ3n) is 8.10. The molecular weight excluding hydrogens is 647 g/mol. The van der Waals surface area contributed by atoms with E-state index >= 15 is 4.39 Å². The molecule has 236 valence electrons. The molecule has 0 aromatic carbocycles. The number of nitrogens with zero attached hydrogens (tertiary/aromatic N) is 8. The van der Waals surface area contributed by atoms with Crippen molar-refractivity contribution < 1.29 is 41.8 Å². The molecule has 44 heavy (non-hydrogen) atoms. The Morgan fingerprint density at radius 2 is 1.77 bits per heavy atom. The summed E-state index contributed by atoms with van der Waals surface area (Å²) >= 11 is 4.26. The third kappa shape index (κ3) is 4.98. The molecule has 0 radical (unpaired) electrons. The lowest BCUT2D eigenvalue weighted by atomic mass is 10.0. The molecule has 4 N–H and O–H groups in total. The van der Waals surface area contributed by atoms with Crippen molar-refractivity contribution in [1.29, 1.82) is 0 Å². The van der Waals surface area contributed by atoms with Crippen LogP contribution in [0.15, 0.2) is 30.1 Å². The Balaban J connectivity index is 1.22. The molecule has 3 fully saturated rings. The van der Waals surface area contributed by atoms with Gasteiger partial charge in [-0.1, -0.05) is 12.2 Å². The molecule has 22 heteroatoms. The number of aliphatic hydroxyl groups excluding tert-OH is 1. The quantitative estimate of drug-likeness (QED) is 0.170. The van der Waals surface area contributed by atoms with Crippen LogP contribution in [0.4, 0.5) is 10.2 Å². The summed E-state index contributed by atoms with van der Waals surface area (Å²) in [5.41, 5.74) is 5.94. The predicted octanol–water partition coefficient (Wildman–Crippen LogP) is 0.733. The lowest BCUT2D eigenvalue weighted by Gasteiger charge is -2.29. The first-order chi connectivity index (χ1) is 20.8. The van der Waals surface area contributed by atoms with Gasteiger partial charge in [-0.3, -0.25) is 23.0 Å². The first-order valence-corrected chi connectivity index (χ1v) is 17.7. The fourth-order valence-electron chi connectivity index (χ4n) is 6.00. The highest BCUT2D eigenvalue weighted by atomic mass is 32.7. The van der Waals surface area contributed by atoms with Crippen LogP contribution in [0, 0.1) is 5.92 Å². The van der Waals surface area contributed by atoms with E-state index in [0.717, 1.165) is 0 Å². The number of aliphatic hydroxyl groups is 1. The third-order valence-corrected chi connectivity index (χ3v) is 11.3. The van der Waals surface area contributed by atoms with E-state index in [4.69, 9.17) is 24.0 Å². The van der Waals surface area contributed by atoms with E-state index in [2.05, 4.69) is 37.2 Å². The summed E-state index contributed by atoms with van der Waals surface area (Å²) < 4.78 is 69.4. The van der Waals surface area contributed by atoms with E-state index in [9.17, 15) is 23.9 Å². The van der Waals surface area contributed by atoms with Gasteiger partial charge < -0.3 is 34.1 Å². The van der Waals surface area contributed by atoms with Crippen molar-refractivity contribution in [2.24, 2.45) is 13.0 Å². The number of fused-ring (bicyclic) bond motifs is 5. The SMILES string of the molecule is Cn1cnc2c(ncn2[C@@H]2C[C@@H]3OP(=O)(S)C[C@H]4[C@@H](F)[C@H](n5cnc6c(N)ncnc65)O[C@@H]4COP(=O)(O)O[C@@H]2[C@@H]3O)c1=O. The van der Waals surface area contributed by atoms with Gasteiger partial charge in [0.05, 0.1) is 43.8 Å². The van der Waals surface area contributed by atoms with Crippen molar-refractivity contribution in [2.75, 3.05) is 18.5 Å². The molecule has 1 aliphatic carbocycles. The van der Waals surface area contributed by atoms with Gasteiger partial charge in [0.15, 0.2) is 35.0 Å². The molecule has 2 aliphatic heterocycles. The first kappa shape index (κ1) is 29.9. The van der Waals surface area contributed by atoms with Gasteiger partial charge in [-0.2, -0.15) is 0 Å². The number of hydrogen-bond acceptors (Lipinski definition) is 14. The number of aromatic nitrogens is 8. The molecule has 7 rings (SSSR count). The van der Waals surface area contributed by atoms with E-state index in [0.29, 0.717) is 0 Å². The second-order valence-electron chi connectivity index (χ2n) is 10.8. The maximum atomic E-state index is 16.1. The van der Waals surface area contributed by atoms with Gasteiger partial charge in [-0.15, -0.1) is 0 Å². The van der Waals surface area contributed by atoms with Gasteiger partial charge in [0.25, 0.3) is 12.1 Å². The first-order valence-electron chi connectivity index (χ1n) is 13.3.